The van der Waals surface area contributed by atoms with Gasteiger partial charge in [-0.2, -0.15) is 0 Å². The molecule has 0 bridgehead atoms. The van der Waals surface area contributed by atoms with E-state index in [-0.39, 0.29) is 30.8 Å². The third-order valence-electron chi connectivity index (χ3n) is 4.74. The normalized spacial score (nSPS) is 23.6. The van der Waals surface area contributed by atoms with Gasteiger partial charge in [0.2, 0.25) is 5.91 Å². The summed E-state index contributed by atoms with van der Waals surface area (Å²) < 4.78 is 0. The van der Waals surface area contributed by atoms with Crippen molar-refractivity contribution in [2.24, 2.45) is 5.41 Å². The Labute approximate surface area is 113 Å². The molecule has 0 aromatic rings. The zero-order valence-corrected chi connectivity index (χ0v) is 11.3. The van der Waals surface area contributed by atoms with Crippen molar-refractivity contribution in [2.75, 3.05) is 6.61 Å². The molecule has 1 amide bonds. The summed E-state index contributed by atoms with van der Waals surface area (Å²) >= 11 is 0. The fraction of sp³-hybridized carbons (Fsp3) is 0.857. The van der Waals surface area contributed by atoms with E-state index in [2.05, 4.69) is 5.32 Å². The van der Waals surface area contributed by atoms with Crippen LogP contribution in [0.3, 0.4) is 0 Å². The third kappa shape index (κ3) is 3.26. The first kappa shape index (κ1) is 14.3. The summed E-state index contributed by atoms with van der Waals surface area (Å²) in [5.41, 5.74) is -0.795. The van der Waals surface area contributed by atoms with Gasteiger partial charge in [0, 0.05) is 6.42 Å². The van der Waals surface area contributed by atoms with Gasteiger partial charge in [0.15, 0.2) is 0 Å². The van der Waals surface area contributed by atoms with E-state index in [0.717, 1.165) is 44.9 Å². The molecule has 0 aromatic carbocycles. The highest BCUT2D eigenvalue weighted by Crippen LogP contribution is 2.44. The number of hydrogen-bond donors (Lipinski definition) is 3. The van der Waals surface area contributed by atoms with Gasteiger partial charge < -0.3 is 15.5 Å². The minimum atomic E-state index is -0.824. The summed E-state index contributed by atoms with van der Waals surface area (Å²) in [6.45, 7) is -0.0231. The van der Waals surface area contributed by atoms with E-state index >= 15 is 0 Å². The fourth-order valence-corrected chi connectivity index (χ4v) is 3.47. The Balaban J connectivity index is 1.93. The molecule has 0 heterocycles. The van der Waals surface area contributed by atoms with Crippen molar-refractivity contribution < 1.29 is 19.8 Å². The number of carboxylic acid groups (broad SMARTS) is 1. The zero-order chi connectivity index (χ0) is 13.9. The molecule has 19 heavy (non-hydrogen) atoms. The van der Waals surface area contributed by atoms with Gasteiger partial charge in [0.25, 0.3) is 0 Å². The van der Waals surface area contributed by atoms with E-state index in [1.165, 1.54) is 0 Å². The van der Waals surface area contributed by atoms with E-state index in [1.807, 2.05) is 0 Å². The Hall–Kier alpha value is -1.10. The Morgan fingerprint density at radius 3 is 2.05 bits per heavy atom. The van der Waals surface area contributed by atoms with Gasteiger partial charge in [-0.1, -0.05) is 12.8 Å². The number of amides is 1. The quantitative estimate of drug-likeness (QED) is 0.681. The van der Waals surface area contributed by atoms with Crippen molar-refractivity contribution in [3.63, 3.8) is 0 Å². The molecule has 0 aliphatic heterocycles. The molecule has 0 atom stereocenters. The highest BCUT2D eigenvalue weighted by Gasteiger charge is 2.42. The van der Waals surface area contributed by atoms with E-state index in [4.69, 9.17) is 5.11 Å². The molecule has 0 radical (unpaired) electrons. The van der Waals surface area contributed by atoms with Gasteiger partial charge in [0.05, 0.1) is 18.6 Å². The van der Waals surface area contributed by atoms with Gasteiger partial charge in [-0.25, -0.2) is 0 Å². The highest BCUT2D eigenvalue weighted by molar-refractivity contribution is 5.79. The second-order valence-corrected chi connectivity index (χ2v) is 6.29. The Morgan fingerprint density at radius 2 is 1.63 bits per heavy atom. The first-order chi connectivity index (χ1) is 8.99. The molecule has 2 aliphatic carbocycles. The molecule has 2 aliphatic rings. The second kappa shape index (κ2) is 5.49. The maximum absolute atomic E-state index is 12.1. The first-order valence-electron chi connectivity index (χ1n) is 7.13. The molecule has 0 saturated heterocycles. The van der Waals surface area contributed by atoms with Gasteiger partial charge in [-0.3, -0.25) is 9.59 Å². The zero-order valence-electron chi connectivity index (χ0n) is 11.3. The Morgan fingerprint density at radius 1 is 1.00 bits per heavy atom. The van der Waals surface area contributed by atoms with Crippen LogP contribution in [-0.4, -0.2) is 34.2 Å². The lowest BCUT2D eigenvalue weighted by Gasteiger charge is -2.41. The van der Waals surface area contributed by atoms with Crippen molar-refractivity contribution in [1.29, 1.82) is 0 Å². The predicted octanol–water partition coefficient (Wildman–Crippen LogP) is 1.44. The largest absolute Gasteiger partial charge is 0.481 e. The van der Waals surface area contributed by atoms with Crippen LogP contribution in [0.15, 0.2) is 0 Å². The molecule has 5 nitrogen and oxygen atoms in total. The number of aliphatic hydroxyl groups excluding tert-OH is 1. The van der Waals surface area contributed by atoms with Gasteiger partial charge >= 0.3 is 5.97 Å². The average molecular weight is 269 g/mol. The fourth-order valence-electron chi connectivity index (χ4n) is 3.47. The number of hydrogen-bond acceptors (Lipinski definition) is 3. The summed E-state index contributed by atoms with van der Waals surface area (Å²) in [5, 5.41) is 21.3. The van der Waals surface area contributed by atoms with Crippen LogP contribution in [0, 0.1) is 5.41 Å². The smallest absolute Gasteiger partial charge is 0.303 e. The van der Waals surface area contributed by atoms with Crippen LogP contribution in [0.1, 0.15) is 57.8 Å². The van der Waals surface area contributed by atoms with Gasteiger partial charge in [-0.05, 0) is 37.5 Å². The van der Waals surface area contributed by atoms with Crippen LogP contribution >= 0.6 is 0 Å². The molecular formula is C14H23NO4. The molecule has 108 valence electrons. The monoisotopic (exact) mass is 269 g/mol. The summed E-state index contributed by atoms with van der Waals surface area (Å²) in [7, 11) is 0. The average Bonchev–Trinajstić information content (AvgIpc) is 2.70. The minimum absolute atomic E-state index is 0.0231. The van der Waals surface area contributed by atoms with E-state index in [1.54, 1.807) is 0 Å². The van der Waals surface area contributed by atoms with Crippen LogP contribution in [0.5, 0.6) is 0 Å². The topological polar surface area (TPSA) is 86.6 Å². The Kier molecular flexibility index (Phi) is 4.13. The number of carbonyl (C=O) groups is 2. The summed E-state index contributed by atoms with van der Waals surface area (Å²) in [6.07, 6.45) is 6.67. The number of carboxylic acids is 1. The molecule has 5 heteroatoms. The van der Waals surface area contributed by atoms with Crippen LogP contribution < -0.4 is 5.32 Å². The van der Waals surface area contributed by atoms with Gasteiger partial charge in [-0.15, -0.1) is 0 Å². The van der Waals surface area contributed by atoms with Crippen molar-refractivity contribution >= 4 is 11.9 Å². The van der Waals surface area contributed by atoms with Crippen LogP contribution in [-0.2, 0) is 9.59 Å². The van der Waals surface area contributed by atoms with Crippen LogP contribution in [0.2, 0.25) is 0 Å². The van der Waals surface area contributed by atoms with Crippen molar-refractivity contribution in [1.82, 2.24) is 5.32 Å². The van der Waals surface area contributed by atoms with E-state index in [9.17, 15) is 14.7 Å². The molecule has 0 unspecified atom stereocenters. The lowest BCUT2D eigenvalue weighted by atomic mass is 9.75. The lowest BCUT2D eigenvalue weighted by Crippen LogP contribution is -2.56. The van der Waals surface area contributed by atoms with Crippen molar-refractivity contribution in [3.8, 4) is 0 Å². The maximum atomic E-state index is 12.1. The number of nitrogens with one attached hydrogen (secondary N) is 1. The molecule has 0 aromatic heterocycles. The number of aliphatic carboxylic acids is 1. The predicted molar refractivity (Wildman–Crippen MR) is 69.6 cm³/mol. The van der Waals surface area contributed by atoms with Crippen molar-refractivity contribution in [3.05, 3.63) is 0 Å². The second-order valence-electron chi connectivity index (χ2n) is 6.29. The lowest BCUT2D eigenvalue weighted by molar-refractivity contribution is -0.140. The van der Waals surface area contributed by atoms with Crippen molar-refractivity contribution in [2.45, 2.75) is 63.3 Å². The van der Waals surface area contributed by atoms with Crippen LogP contribution in [0.25, 0.3) is 0 Å². The standard InChI is InChI=1S/C14H23NO4/c16-10-14(6-3-7-14)15-11(17)8-13(9-12(18)19)4-1-2-5-13/h16H,1-10H2,(H,15,17)(H,18,19). The van der Waals surface area contributed by atoms with E-state index in [0.29, 0.717) is 0 Å². The van der Waals surface area contributed by atoms with Crippen LogP contribution in [0.4, 0.5) is 0 Å². The maximum Gasteiger partial charge on any atom is 0.303 e. The first-order valence-corrected chi connectivity index (χ1v) is 7.13. The number of rotatable bonds is 6. The molecule has 0 spiro atoms. The molecule has 3 N–H and O–H groups in total. The van der Waals surface area contributed by atoms with Gasteiger partial charge in [0.1, 0.15) is 0 Å². The molecular weight excluding hydrogens is 246 g/mol. The molecule has 2 saturated carbocycles. The summed E-state index contributed by atoms with van der Waals surface area (Å²) in [6, 6.07) is 0. The highest BCUT2D eigenvalue weighted by atomic mass is 16.4. The minimum Gasteiger partial charge on any atom is -0.481 e. The number of carbonyl (C=O) groups excluding carboxylic acids is 1. The SMILES string of the molecule is O=C(O)CC1(CC(=O)NC2(CO)CCC2)CCCC1. The Bertz CT molecular complexity index is 351. The summed E-state index contributed by atoms with van der Waals surface area (Å²) in [5.74, 6) is -0.924. The molecule has 2 fully saturated rings. The number of aliphatic hydroxyl groups is 1. The third-order valence-corrected chi connectivity index (χ3v) is 4.74. The summed E-state index contributed by atoms with van der Waals surface area (Å²) in [4.78, 5) is 23.1. The van der Waals surface area contributed by atoms with E-state index < -0.39 is 11.5 Å². The molecule has 2 rings (SSSR count).